The van der Waals surface area contributed by atoms with Gasteiger partial charge in [-0.2, -0.15) is 0 Å². The average Bonchev–Trinajstić information content (AvgIpc) is 2.97. The highest BCUT2D eigenvalue weighted by Crippen LogP contribution is 2.48. The number of carbonyl (C=O) groups is 2. The minimum atomic E-state index is -0.363. The highest BCUT2D eigenvalue weighted by Gasteiger charge is 2.51. The van der Waals surface area contributed by atoms with Gasteiger partial charge in [-0.15, -0.1) is 0 Å². The lowest BCUT2D eigenvalue weighted by atomic mass is 9.80. The van der Waals surface area contributed by atoms with Gasteiger partial charge >= 0.3 is 0 Å². The van der Waals surface area contributed by atoms with Gasteiger partial charge in [-0.05, 0) is 24.8 Å². The Morgan fingerprint density at radius 3 is 2.58 bits per heavy atom. The van der Waals surface area contributed by atoms with Crippen molar-refractivity contribution in [3.05, 3.63) is 41.5 Å². The van der Waals surface area contributed by atoms with Crippen LogP contribution in [0.15, 0.2) is 30.3 Å². The quantitative estimate of drug-likeness (QED) is 0.665. The molecule has 2 heterocycles. The standard InChI is InChI=1S/C16H15NO2/c18-14-9-13-12-6-2-1-5-11(12)10-16(7-3-4-8-16)17(13)15(14)19/h1-2,5-6,9H,3-4,7-8,10H2. The predicted molar refractivity (Wildman–Crippen MR) is 71.2 cm³/mol. The Balaban J connectivity index is 1.95. The Hall–Kier alpha value is -1.90. The highest BCUT2D eigenvalue weighted by molar-refractivity contribution is 6.46. The van der Waals surface area contributed by atoms with E-state index in [1.807, 2.05) is 23.1 Å². The highest BCUT2D eigenvalue weighted by atomic mass is 16.2. The van der Waals surface area contributed by atoms with Crippen LogP contribution in [0.5, 0.6) is 0 Å². The molecule has 19 heavy (non-hydrogen) atoms. The summed E-state index contributed by atoms with van der Waals surface area (Å²) in [7, 11) is 0. The fourth-order valence-electron chi connectivity index (χ4n) is 3.93. The minimum Gasteiger partial charge on any atom is -0.298 e. The number of nitrogens with zero attached hydrogens (tertiary/aromatic N) is 1. The fourth-order valence-corrected chi connectivity index (χ4v) is 3.93. The molecule has 3 aliphatic rings. The molecule has 1 fully saturated rings. The first kappa shape index (κ1) is 11.0. The van der Waals surface area contributed by atoms with E-state index in [0.29, 0.717) is 0 Å². The number of amides is 1. The molecule has 0 bridgehead atoms. The zero-order valence-electron chi connectivity index (χ0n) is 10.7. The molecule has 0 aromatic heterocycles. The van der Waals surface area contributed by atoms with Gasteiger partial charge in [0.2, 0.25) is 5.78 Å². The van der Waals surface area contributed by atoms with Gasteiger partial charge in [-0.25, -0.2) is 0 Å². The molecule has 1 saturated carbocycles. The van der Waals surface area contributed by atoms with Crippen molar-refractivity contribution in [2.24, 2.45) is 0 Å². The van der Waals surface area contributed by atoms with E-state index < -0.39 is 0 Å². The van der Waals surface area contributed by atoms with E-state index in [9.17, 15) is 9.59 Å². The first-order valence-electron chi connectivity index (χ1n) is 6.90. The second kappa shape index (κ2) is 3.56. The van der Waals surface area contributed by atoms with E-state index in [0.717, 1.165) is 43.4 Å². The molecule has 0 atom stereocenters. The lowest BCUT2D eigenvalue weighted by molar-refractivity contribution is -0.142. The van der Waals surface area contributed by atoms with E-state index in [1.165, 1.54) is 11.6 Å². The van der Waals surface area contributed by atoms with Crippen molar-refractivity contribution < 1.29 is 9.59 Å². The molecule has 0 N–H and O–H groups in total. The monoisotopic (exact) mass is 253 g/mol. The van der Waals surface area contributed by atoms with E-state index in [4.69, 9.17) is 0 Å². The number of hydrogen-bond donors (Lipinski definition) is 0. The number of fused-ring (bicyclic) bond motifs is 4. The van der Waals surface area contributed by atoms with Crippen LogP contribution in [0, 0.1) is 0 Å². The van der Waals surface area contributed by atoms with Crippen LogP contribution < -0.4 is 0 Å². The third-order valence-corrected chi connectivity index (χ3v) is 4.74. The molecule has 0 saturated heterocycles. The van der Waals surface area contributed by atoms with Crippen molar-refractivity contribution in [1.29, 1.82) is 0 Å². The van der Waals surface area contributed by atoms with Gasteiger partial charge in [-0.3, -0.25) is 14.5 Å². The zero-order valence-corrected chi connectivity index (χ0v) is 10.7. The SMILES string of the molecule is O=C1C=C2c3ccccc3CC3(CCCC3)N2C1=O. The Morgan fingerprint density at radius 2 is 1.79 bits per heavy atom. The van der Waals surface area contributed by atoms with Crippen LogP contribution in [0.3, 0.4) is 0 Å². The number of ketones is 1. The van der Waals surface area contributed by atoms with Crippen molar-refractivity contribution in [2.45, 2.75) is 37.6 Å². The molecular formula is C16H15NO2. The van der Waals surface area contributed by atoms with Crippen molar-refractivity contribution in [2.75, 3.05) is 0 Å². The molecule has 1 aromatic rings. The van der Waals surface area contributed by atoms with Crippen molar-refractivity contribution in [3.63, 3.8) is 0 Å². The Bertz CT molecular complexity index is 623. The molecule has 3 nitrogen and oxygen atoms in total. The van der Waals surface area contributed by atoms with Gasteiger partial charge in [0.05, 0.1) is 11.2 Å². The van der Waals surface area contributed by atoms with Crippen LogP contribution >= 0.6 is 0 Å². The number of benzene rings is 1. The summed E-state index contributed by atoms with van der Waals surface area (Å²) in [4.78, 5) is 25.9. The van der Waals surface area contributed by atoms with Gasteiger partial charge < -0.3 is 0 Å². The predicted octanol–water partition coefficient (Wildman–Crippen LogP) is 2.31. The molecule has 96 valence electrons. The number of hydrogen-bond acceptors (Lipinski definition) is 2. The maximum Gasteiger partial charge on any atom is 0.299 e. The van der Waals surface area contributed by atoms with Crippen LogP contribution in [0.2, 0.25) is 0 Å². The van der Waals surface area contributed by atoms with E-state index >= 15 is 0 Å². The molecule has 1 amide bonds. The molecule has 2 aliphatic heterocycles. The fraction of sp³-hybridized carbons (Fsp3) is 0.375. The molecule has 0 unspecified atom stereocenters. The van der Waals surface area contributed by atoms with Gasteiger partial charge in [-0.1, -0.05) is 37.1 Å². The number of rotatable bonds is 0. The summed E-state index contributed by atoms with van der Waals surface area (Å²) in [5, 5.41) is 0. The van der Waals surface area contributed by atoms with Crippen LogP contribution in [0.25, 0.3) is 5.70 Å². The first-order chi connectivity index (χ1) is 9.21. The summed E-state index contributed by atoms with van der Waals surface area (Å²) in [6.45, 7) is 0. The third-order valence-electron chi connectivity index (χ3n) is 4.74. The van der Waals surface area contributed by atoms with E-state index in [1.54, 1.807) is 0 Å². The van der Waals surface area contributed by atoms with Crippen molar-refractivity contribution in [3.8, 4) is 0 Å². The number of carbonyl (C=O) groups excluding carboxylic acids is 2. The Labute approximate surface area is 111 Å². The summed E-state index contributed by atoms with van der Waals surface area (Å²) in [6, 6.07) is 8.15. The smallest absolute Gasteiger partial charge is 0.298 e. The molecule has 1 aromatic carbocycles. The normalized spacial score (nSPS) is 23.6. The first-order valence-corrected chi connectivity index (χ1v) is 6.90. The summed E-state index contributed by atoms with van der Waals surface area (Å²) in [5.74, 6) is -0.690. The lowest BCUT2D eigenvalue weighted by Gasteiger charge is -2.44. The molecular weight excluding hydrogens is 238 g/mol. The Morgan fingerprint density at radius 1 is 1.05 bits per heavy atom. The minimum absolute atomic E-state index is 0.135. The summed E-state index contributed by atoms with van der Waals surface area (Å²) < 4.78 is 0. The maximum absolute atomic E-state index is 12.2. The second-order valence-electron chi connectivity index (χ2n) is 5.80. The lowest BCUT2D eigenvalue weighted by Crippen LogP contribution is -2.52. The van der Waals surface area contributed by atoms with E-state index in [-0.39, 0.29) is 17.2 Å². The van der Waals surface area contributed by atoms with Crippen LogP contribution in [-0.2, 0) is 16.0 Å². The maximum atomic E-state index is 12.2. The van der Waals surface area contributed by atoms with E-state index in [2.05, 4.69) is 6.07 Å². The average molecular weight is 253 g/mol. The van der Waals surface area contributed by atoms with Crippen LogP contribution in [-0.4, -0.2) is 22.1 Å². The molecule has 0 radical (unpaired) electrons. The third kappa shape index (κ3) is 1.33. The van der Waals surface area contributed by atoms with Gasteiger partial charge in [0, 0.05) is 11.6 Å². The van der Waals surface area contributed by atoms with Gasteiger partial charge in [0.15, 0.2) is 0 Å². The largest absolute Gasteiger partial charge is 0.299 e. The summed E-state index contributed by atoms with van der Waals surface area (Å²) in [5.41, 5.74) is 3.02. The molecule has 1 spiro atoms. The zero-order chi connectivity index (χ0) is 13.0. The summed E-state index contributed by atoms with van der Waals surface area (Å²) >= 11 is 0. The molecule has 1 aliphatic carbocycles. The van der Waals surface area contributed by atoms with Crippen molar-refractivity contribution in [1.82, 2.24) is 4.90 Å². The van der Waals surface area contributed by atoms with Gasteiger partial charge in [0.1, 0.15) is 0 Å². The molecule has 3 heteroatoms. The molecule has 4 rings (SSSR count). The van der Waals surface area contributed by atoms with Crippen LogP contribution in [0.1, 0.15) is 36.8 Å². The Kier molecular flexibility index (Phi) is 2.06. The van der Waals surface area contributed by atoms with Crippen molar-refractivity contribution >= 4 is 17.4 Å². The van der Waals surface area contributed by atoms with Gasteiger partial charge in [0.25, 0.3) is 5.91 Å². The second-order valence-corrected chi connectivity index (χ2v) is 5.80. The van der Waals surface area contributed by atoms with Crippen LogP contribution in [0.4, 0.5) is 0 Å². The summed E-state index contributed by atoms with van der Waals surface area (Å²) in [6.07, 6.45) is 6.73. The topological polar surface area (TPSA) is 37.4 Å².